The van der Waals surface area contributed by atoms with Gasteiger partial charge in [0.1, 0.15) is 6.10 Å². The summed E-state index contributed by atoms with van der Waals surface area (Å²) in [4.78, 5) is 0. The van der Waals surface area contributed by atoms with Crippen molar-refractivity contribution in [2.24, 2.45) is 5.73 Å². The van der Waals surface area contributed by atoms with Gasteiger partial charge in [-0.3, -0.25) is 0 Å². The van der Waals surface area contributed by atoms with Gasteiger partial charge in [-0.2, -0.15) is 0 Å². The Morgan fingerprint density at radius 3 is 2.91 bits per heavy atom. The molecule has 1 aliphatic heterocycles. The molecule has 0 spiro atoms. The maximum atomic E-state index is 9.20. The van der Waals surface area contributed by atoms with E-state index in [0.717, 1.165) is 0 Å². The van der Waals surface area contributed by atoms with Crippen LogP contribution in [-0.4, -0.2) is 37.3 Å². The molecule has 0 amide bonds. The van der Waals surface area contributed by atoms with Crippen molar-refractivity contribution in [2.45, 2.75) is 18.5 Å². The highest BCUT2D eigenvalue weighted by atomic mass is 16.7. The Hall–Kier alpha value is -0.420. The third-order valence-corrected chi connectivity index (χ3v) is 1.58. The lowest BCUT2D eigenvalue weighted by atomic mass is 10.2. The average Bonchev–Trinajstić information content (AvgIpc) is 2.05. The van der Waals surface area contributed by atoms with E-state index in [-0.39, 0.29) is 6.10 Å². The predicted octanol–water partition coefficient (Wildman–Crippen LogP) is -0.767. The van der Waals surface area contributed by atoms with E-state index < -0.39 is 12.4 Å². The molecule has 4 nitrogen and oxygen atoms in total. The van der Waals surface area contributed by atoms with Gasteiger partial charge in [0.2, 0.25) is 0 Å². The number of ether oxygens (including phenoxy) is 2. The predicted molar refractivity (Wildman–Crippen MR) is 39.9 cm³/mol. The Balaban J connectivity index is 2.52. The fourth-order valence-corrected chi connectivity index (χ4v) is 0.956. The van der Waals surface area contributed by atoms with Crippen molar-refractivity contribution in [3.63, 3.8) is 0 Å². The standard InChI is InChI=1S/C7H13NO3/c1-10-7-6(9)3-2-5(4-8)11-7/h2-3,5-7,9H,4,8H2,1H3/t5-,6-,7-/m1/s1. The summed E-state index contributed by atoms with van der Waals surface area (Å²) in [7, 11) is 1.49. The summed E-state index contributed by atoms with van der Waals surface area (Å²) >= 11 is 0. The minimum Gasteiger partial charge on any atom is -0.384 e. The van der Waals surface area contributed by atoms with Crippen molar-refractivity contribution >= 4 is 0 Å². The number of aliphatic hydroxyl groups excluding tert-OH is 1. The Labute approximate surface area is 65.6 Å². The van der Waals surface area contributed by atoms with Crippen LogP contribution in [0, 0.1) is 0 Å². The number of nitrogens with two attached hydrogens (primary N) is 1. The molecule has 1 aliphatic rings. The van der Waals surface area contributed by atoms with E-state index in [4.69, 9.17) is 15.2 Å². The van der Waals surface area contributed by atoms with E-state index in [0.29, 0.717) is 6.54 Å². The van der Waals surface area contributed by atoms with Gasteiger partial charge in [-0.25, -0.2) is 0 Å². The lowest BCUT2D eigenvalue weighted by molar-refractivity contribution is -0.188. The van der Waals surface area contributed by atoms with Crippen LogP contribution in [0.3, 0.4) is 0 Å². The van der Waals surface area contributed by atoms with Crippen molar-refractivity contribution in [3.8, 4) is 0 Å². The topological polar surface area (TPSA) is 64.7 Å². The molecule has 0 bridgehead atoms. The van der Waals surface area contributed by atoms with Crippen molar-refractivity contribution in [1.29, 1.82) is 0 Å². The van der Waals surface area contributed by atoms with Gasteiger partial charge < -0.3 is 20.3 Å². The molecule has 0 saturated carbocycles. The summed E-state index contributed by atoms with van der Waals surface area (Å²) in [5.41, 5.74) is 5.35. The van der Waals surface area contributed by atoms with Crippen LogP contribution in [0.2, 0.25) is 0 Å². The summed E-state index contributed by atoms with van der Waals surface area (Å²) < 4.78 is 10.1. The van der Waals surface area contributed by atoms with Gasteiger partial charge in [0, 0.05) is 13.7 Å². The fourth-order valence-electron chi connectivity index (χ4n) is 0.956. The molecule has 0 aromatic heterocycles. The number of aliphatic hydroxyl groups is 1. The first-order valence-electron chi connectivity index (χ1n) is 3.52. The zero-order chi connectivity index (χ0) is 8.27. The van der Waals surface area contributed by atoms with Gasteiger partial charge in [-0.1, -0.05) is 12.2 Å². The summed E-state index contributed by atoms with van der Waals surface area (Å²) in [5.74, 6) is 0. The molecule has 0 aromatic carbocycles. The third-order valence-electron chi connectivity index (χ3n) is 1.58. The number of rotatable bonds is 2. The fraction of sp³-hybridized carbons (Fsp3) is 0.714. The third kappa shape index (κ3) is 2.00. The van der Waals surface area contributed by atoms with E-state index in [9.17, 15) is 5.11 Å². The lowest BCUT2D eigenvalue weighted by Crippen LogP contribution is -2.39. The van der Waals surface area contributed by atoms with Crippen LogP contribution < -0.4 is 5.73 Å². The summed E-state index contributed by atoms with van der Waals surface area (Å²) in [6, 6.07) is 0. The summed E-state index contributed by atoms with van der Waals surface area (Å²) in [5, 5.41) is 9.20. The number of hydrogen-bond acceptors (Lipinski definition) is 4. The van der Waals surface area contributed by atoms with Crippen molar-refractivity contribution < 1.29 is 14.6 Å². The highest BCUT2D eigenvalue weighted by Gasteiger charge is 2.23. The maximum absolute atomic E-state index is 9.20. The second-order valence-corrected chi connectivity index (χ2v) is 2.39. The minimum absolute atomic E-state index is 0.136. The molecular formula is C7H13NO3. The second kappa shape index (κ2) is 3.82. The Kier molecular flexibility index (Phi) is 3.02. The van der Waals surface area contributed by atoms with E-state index in [1.54, 1.807) is 12.2 Å². The van der Waals surface area contributed by atoms with E-state index >= 15 is 0 Å². The molecule has 3 atom stereocenters. The zero-order valence-electron chi connectivity index (χ0n) is 6.43. The van der Waals surface area contributed by atoms with Crippen LogP contribution in [-0.2, 0) is 9.47 Å². The monoisotopic (exact) mass is 159 g/mol. The van der Waals surface area contributed by atoms with Gasteiger partial charge in [0.25, 0.3) is 0 Å². The summed E-state index contributed by atoms with van der Waals surface area (Å²) in [6.07, 6.45) is 1.98. The number of methoxy groups -OCH3 is 1. The van der Waals surface area contributed by atoms with E-state index in [1.165, 1.54) is 7.11 Å². The molecule has 1 heterocycles. The van der Waals surface area contributed by atoms with Crippen LogP contribution in [0.5, 0.6) is 0 Å². The first kappa shape index (κ1) is 8.67. The largest absolute Gasteiger partial charge is 0.384 e. The molecule has 0 aliphatic carbocycles. The van der Waals surface area contributed by atoms with Crippen molar-refractivity contribution in [3.05, 3.63) is 12.2 Å². The molecule has 0 aromatic rings. The Morgan fingerprint density at radius 1 is 1.64 bits per heavy atom. The van der Waals surface area contributed by atoms with Gasteiger partial charge in [0.15, 0.2) is 6.29 Å². The zero-order valence-corrected chi connectivity index (χ0v) is 6.43. The van der Waals surface area contributed by atoms with Gasteiger partial charge in [-0.15, -0.1) is 0 Å². The molecule has 11 heavy (non-hydrogen) atoms. The highest BCUT2D eigenvalue weighted by Crippen LogP contribution is 2.12. The highest BCUT2D eigenvalue weighted by molar-refractivity contribution is 5.00. The Bertz CT molecular complexity index is 149. The molecule has 1 rings (SSSR count). The van der Waals surface area contributed by atoms with Crippen LogP contribution in [0.15, 0.2) is 12.2 Å². The molecule has 3 N–H and O–H groups in total. The molecule has 0 radical (unpaired) electrons. The molecule has 4 heteroatoms. The van der Waals surface area contributed by atoms with Crippen molar-refractivity contribution in [2.75, 3.05) is 13.7 Å². The average molecular weight is 159 g/mol. The number of hydrogen-bond donors (Lipinski definition) is 2. The normalized spacial score (nSPS) is 37.5. The molecule has 0 fully saturated rings. The summed E-state index contributed by atoms with van der Waals surface area (Å²) in [6.45, 7) is 0.406. The molecular weight excluding hydrogens is 146 g/mol. The SMILES string of the molecule is CO[C@@H]1O[C@@H](CN)C=C[C@H]1O. The molecule has 0 saturated heterocycles. The van der Waals surface area contributed by atoms with E-state index in [1.807, 2.05) is 0 Å². The molecule has 64 valence electrons. The second-order valence-electron chi connectivity index (χ2n) is 2.39. The van der Waals surface area contributed by atoms with Crippen LogP contribution in [0.4, 0.5) is 0 Å². The van der Waals surface area contributed by atoms with Gasteiger partial charge in [0.05, 0.1) is 6.10 Å². The minimum atomic E-state index is -0.678. The smallest absolute Gasteiger partial charge is 0.187 e. The first-order chi connectivity index (χ1) is 5.27. The molecule has 0 unspecified atom stereocenters. The Morgan fingerprint density at radius 2 is 2.36 bits per heavy atom. The van der Waals surface area contributed by atoms with Gasteiger partial charge >= 0.3 is 0 Å². The first-order valence-corrected chi connectivity index (χ1v) is 3.52. The van der Waals surface area contributed by atoms with Crippen LogP contribution in [0.25, 0.3) is 0 Å². The van der Waals surface area contributed by atoms with Gasteiger partial charge in [-0.05, 0) is 0 Å². The van der Waals surface area contributed by atoms with Crippen molar-refractivity contribution in [1.82, 2.24) is 0 Å². The maximum Gasteiger partial charge on any atom is 0.187 e. The quantitative estimate of drug-likeness (QED) is 0.519. The van der Waals surface area contributed by atoms with E-state index in [2.05, 4.69) is 0 Å². The lowest BCUT2D eigenvalue weighted by Gasteiger charge is -2.27. The van der Waals surface area contributed by atoms with Crippen LogP contribution >= 0.6 is 0 Å². The van der Waals surface area contributed by atoms with Crippen LogP contribution in [0.1, 0.15) is 0 Å².